The maximum absolute atomic E-state index is 9.42. The average molecular weight is 284 g/mol. The standard InChI is InChI=1S/C18H20O3/c1-18(2)9-8-15-16(20-3)10-13(11-17(15)21-18)12-4-6-14(19)7-5-12/h4-7,10-11,19H,8-9H2,1-3H3. The zero-order valence-corrected chi connectivity index (χ0v) is 12.6. The van der Waals surface area contributed by atoms with E-state index >= 15 is 0 Å². The van der Waals surface area contributed by atoms with Gasteiger partial charge in [0.1, 0.15) is 22.8 Å². The number of phenolic OH excluding ortho intramolecular Hbond substituents is 1. The zero-order valence-electron chi connectivity index (χ0n) is 12.6. The summed E-state index contributed by atoms with van der Waals surface area (Å²) >= 11 is 0. The lowest BCUT2D eigenvalue weighted by atomic mass is 9.92. The van der Waals surface area contributed by atoms with Crippen LogP contribution in [0.1, 0.15) is 25.8 Å². The lowest BCUT2D eigenvalue weighted by molar-refractivity contribution is 0.0837. The molecule has 1 aliphatic rings. The van der Waals surface area contributed by atoms with Gasteiger partial charge < -0.3 is 14.6 Å². The highest BCUT2D eigenvalue weighted by atomic mass is 16.5. The molecule has 0 amide bonds. The Morgan fingerprint density at radius 1 is 1.10 bits per heavy atom. The summed E-state index contributed by atoms with van der Waals surface area (Å²) in [7, 11) is 1.69. The second-order valence-corrected chi connectivity index (χ2v) is 6.06. The summed E-state index contributed by atoms with van der Waals surface area (Å²) in [6, 6.07) is 11.3. The predicted octanol–water partition coefficient (Wildman–Crippen LogP) is 4.17. The number of hydrogen-bond acceptors (Lipinski definition) is 3. The summed E-state index contributed by atoms with van der Waals surface area (Å²) in [6.45, 7) is 4.21. The second-order valence-electron chi connectivity index (χ2n) is 6.06. The molecule has 1 aliphatic heterocycles. The first-order chi connectivity index (χ1) is 9.98. The van der Waals surface area contributed by atoms with Gasteiger partial charge in [-0.3, -0.25) is 0 Å². The quantitative estimate of drug-likeness (QED) is 0.899. The first-order valence-electron chi connectivity index (χ1n) is 7.18. The highest BCUT2D eigenvalue weighted by Crippen LogP contribution is 2.41. The lowest BCUT2D eigenvalue weighted by Gasteiger charge is -2.33. The Morgan fingerprint density at radius 2 is 1.81 bits per heavy atom. The molecule has 2 aromatic carbocycles. The van der Waals surface area contributed by atoms with Gasteiger partial charge >= 0.3 is 0 Å². The molecule has 3 nitrogen and oxygen atoms in total. The minimum absolute atomic E-state index is 0.147. The largest absolute Gasteiger partial charge is 0.508 e. The summed E-state index contributed by atoms with van der Waals surface area (Å²) in [6.07, 6.45) is 1.94. The van der Waals surface area contributed by atoms with Crippen LogP contribution in [0.5, 0.6) is 17.2 Å². The van der Waals surface area contributed by atoms with Crippen LogP contribution in [0.4, 0.5) is 0 Å². The Kier molecular flexibility index (Phi) is 3.28. The van der Waals surface area contributed by atoms with Crippen LogP contribution in [0.25, 0.3) is 11.1 Å². The fourth-order valence-corrected chi connectivity index (χ4v) is 2.73. The molecule has 0 saturated carbocycles. The number of phenols is 1. The Hall–Kier alpha value is -2.16. The molecule has 110 valence electrons. The maximum atomic E-state index is 9.42. The second kappa shape index (κ2) is 4.99. The molecule has 1 heterocycles. The van der Waals surface area contributed by atoms with E-state index in [1.54, 1.807) is 19.2 Å². The van der Waals surface area contributed by atoms with Crippen molar-refractivity contribution >= 4 is 0 Å². The molecule has 3 heteroatoms. The highest BCUT2D eigenvalue weighted by Gasteiger charge is 2.29. The normalized spacial score (nSPS) is 16.0. The number of aromatic hydroxyl groups is 1. The van der Waals surface area contributed by atoms with Crippen molar-refractivity contribution in [1.82, 2.24) is 0 Å². The Morgan fingerprint density at radius 3 is 2.48 bits per heavy atom. The van der Waals surface area contributed by atoms with E-state index in [1.807, 2.05) is 18.2 Å². The van der Waals surface area contributed by atoms with E-state index in [4.69, 9.17) is 9.47 Å². The van der Waals surface area contributed by atoms with Crippen molar-refractivity contribution in [3.8, 4) is 28.4 Å². The molecular formula is C18H20O3. The van der Waals surface area contributed by atoms with E-state index < -0.39 is 0 Å². The van der Waals surface area contributed by atoms with Gasteiger partial charge in [-0.15, -0.1) is 0 Å². The monoisotopic (exact) mass is 284 g/mol. The van der Waals surface area contributed by atoms with Crippen LogP contribution in [0.15, 0.2) is 36.4 Å². The molecular weight excluding hydrogens is 264 g/mol. The van der Waals surface area contributed by atoms with E-state index in [2.05, 4.69) is 19.9 Å². The smallest absolute Gasteiger partial charge is 0.127 e. The number of rotatable bonds is 2. The van der Waals surface area contributed by atoms with E-state index in [9.17, 15) is 5.11 Å². The molecule has 0 bridgehead atoms. The third kappa shape index (κ3) is 2.68. The third-order valence-electron chi connectivity index (χ3n) is 3.95. The molecule has 21 heavy (non-hydrogen) atoms. The molecule has 0 aromatic heterocycles. The molecule has 0 saturated heterocycles. The van der Waals surface area contributed by atoms with Gasteiger partial charge in [-0.2, -0.15) is 0 Å². The van der Waals surface area contributed by atoms with Crippen molar-refractivity contribution < 1.29 is 14.6 Å². The van der Waals surface area contributed by atoms with Crippen LogP contribution in [0.3, 0.4) is 0 Å². The molecule has 3 rings (SSSR count). The topological polar surface area (TPSA) is 38.7 Å². The Labute approximate surface area is 125 Å². The SMILES string of the molecule is COc1cc(-c2ccc(O)cc2)cc2c1CCC(C)(C)O2. The van der Waals surface area contributed by atoms with Gasteiger partial charge in [-0.1, -0.05) is 12.1 Å². The summed E-state index contributed by atoms with van der Waals surface area (Å²) < 4.78 is 11.7. The molecule has 2 aromatic rings. The van der Waals surface area contributed by atoms with Gasteiger partial charge in [0.25, 0.3) is 0 Å². The molecule has 0 unspecified atom stereocenters. The van der Waals surface area contributed by atoms with E-state index in [1.165, 1.54) is 0 Å². The van der Waals surface area contributed by atoms with Crippen molar-refractivity contribution in [2.75, 3.05) is 7.11 Å². The van der Waals surface area contributed by atoms with Gasteiger partial charge in [0.2, 0.25) is 0 Å². The minimum Gasteiger partial charge on any atom is -0.508 e. The lowest BCUT2D eigenvalue weighted by Crippen LogP contribution is -2.32. The molecule has 0 atom stereocenters. The van der Waals surface area contributed by atoms with Gasteiger partial charge in [-0.25, -0.2) is 0 Å². The molecule has 0 radical (unpaired) electrons. The fraction of sp³-hybridized carbons (Fsp3) is 0.333. The molecule has 1 N–H and O–H groups in total. The van der Waals surface area contributed by atoms with Crippen LogP contribution in [0, 0.1) is 0 Å². The van der Waals surface area contributed by atoms with Crippen LogP contribution in [0.2, 0.25) is 0 Å². The van der Waals surface area contributed by atoms with Crippen molar-refractivity contribution in [1.29, 1.82) is 0 Å². The highest BCUT2D eigenvalue weighted by molar-refractivity contribution is 5.70. The van der Waals surface area contributed by atoms with Gasteiger partial charge in [0, 0.05) is 5.56 Å². The van der Waals surface area contributed by atoms with Crippen LogP contribution >= 0.6 is 0 Å². The first-order valence-corrected chi connectivity index (χ1v) is 7.18. The van der Waals surface area contributed by atoms with Gasteiger partial charge in [0.15, 0.2) is 0 Å². The fourth-order valence-electron chi connectivity index (χ4n) is 2.73. The Balaban J connectivity index is 2.09. The Bertz CT molecular complexity index is 657. The summed E-state index contributed by atoms with van der Waals surface area (Å²) in [5, 5.41) is 9.42. The minimum atomic E-state index is -0.147. The van der Waals surface area contributed by atoms with E-state index in [-0.39, 0.29) is 11.4 Å². The number of methoxy groups -OCH3 is 1. The molecule has 0 fully saturated rings. The number of hydrogen-bond donors (Lipinski definition) is 1. The predicted molar refractivity (Wildman–Crippen MR) is 83.1 cm³/mol. The van der Waals surface area contributed by atoms with Crippen molar-refractivity contribution in [2.24, 2.45) is 0 Å². The van der Waals surface area contributed by atoms with Crippen molar-refractivity contribution in [2.45, 2.75) is 32.3 Å². The van der Waals surface area contributed by atoms with Crippen LogP contribution in [-0.4, -0.2) is 17.8 Å². The first kappa shape index (κ1) is 13.8. The summed E-state index contributed by atoms with van der Waals surface area (Å²) in [5.41, 5.74) is 3.05. The number of benzene rings is 2. The average Bonchev–Trinajstić information content (AvgIpc) is 2.45. The van der Waals surface area contributed by atoms with Gasteiger partial charge in [0.05, 0.1) is 7.11 Å². The van der Waals surface area contributed by atoms with E-state index in [0.29, 0.717) is 0 Å². The van der Waals surface area contributed by atoms with E-state index in [0.717, 1.165) is 41.0 Å². The maximum Gasteiger partial charge on any atom is 0.127 e. The number of ether oxygens (including phenoxy) is 2. The van der Waals surface area contributed by atoms with Crippen molar-refractivity contribution in [3.05, 3.63) is 42.0 Å². The van der Waals surface area contributed by atoms with Crippen LogP contribution in [-0.2, 0) is 6.42 Å². The molecule has 0 spiro atoms. The van der Waals surface area contributed by atoms with Crippen molar-refractivity contribution in [3.63, 3.8) is 0 Å². The summed E-state index contributed by atoms with van der Waals surface area (Å²) in [5.74, 6) is 2.03. The number of fused-ring (bicyclic) bond motifs is 1. The third-order valence-corrected chi connectivity index (χ3v) is 3.95. The zero-order chi connectivity index (χ0) is 15.0. The van der Waals surface area contributed by atoms with Gasteiger partial charge in [-0.05, 0) is 62.1 Å². The van der Waals surface area contributed by atoms with Crippen LogP contribution < -0.4 is 9.47 Å². The molecule has 0 aliphatic carbocycles. The summed E-state index contributed by atoms with van der Waals surface area (Å²) in [4.78, 5) is 0.